The third-order valence-corrected chi connectivity index (χ3v) is 7.34. The van der Waals surface area contributed by atoms with Crippen LogP contribution in [-0.2, 0) is 11.2 Å². The Labute approximate surface area is 233 Å². The number of carbonyl (C=O) groups is 3. The molecule has 9 heteroatoms. The molecule has 2 N–H and O–H groups in total. The zero-order valence-electron chi connectivity index (χ0n) is 22.4. The van der Waals surface area contributed by atoms with E-state index in [4.69, 9.17) is 0 Å². The highest BCUT2D eigenvalue weighted by Crippen LogP contribution is 2.29. The largest absolute Gasteiger partial charge is 0.368 e. The van der Waals surface area contributed by atoms with Crippen LogP contribution in [0.25, 0.3) is 0 Å². The molecule has 0 bridgehead atoms. The quantitative estimate of drug-likeness (QED) is 0.498. The number of nitrogens with zero attached hydrogens (tertiary/aromatic N) is 3. The zero-order chi connectivity index (χ0) is 27.9. The fraction of sp³-hybridized carbons (Fsp3) is 0.323. The number of hydrogen-bond acceptors (Lipinski definition) is 5. The second kappa shape index (κ2) is 12.7. The molecule has 2 aliphatic heterocycles. The molecule has 2 heterocycles. The summed E-state index contributed by atoms with van der Waals surface area (Å²) < 4.78 is 13.3. The van der Waals surface area contributed by atoms with Gasteiger partial charge in [-0.05, 0) is 54.4 Å². The van der Waals surface area contributed by atoms with Crippen molar-refractivity contribution >= 4 is 29.1 Å². The first-order chi connectivity index (χ1) is 19.5. The molecular formula is C31H34FN5O3. The lowest BCUT2D eigenvalue weighted by atomic mass is 10.1. The van der Waals surface area contributed by atoms with Crippen LogP contribution >= 0.6 is 0 Å². The number of anilines is 2. The number of piperazine rings is 1. The van der Waals surface area contributed by atoms with Crippen LogP contribution in [0.3, 0.4) is 0 Å². The summed E-state index contributed by atoms with van der Waals surface area (Å²) in [5.74, 6) is -0.727. The number of carbonyl (C=O) groups excluding carboxylic acids is 3. The van der Waals surface area contributed by atoms with Crippen LogP contribution in [0.2, 0.25) is 0 Å². The summed E-state index contributed by atoms with van der Waals surface area (Å²) in [6.07, 6.45) is 0.946. The van der Waals surface area contributed by atoms with Gasteiger partial charge in [0.15, 0.2) is 0 Å². The standard InChI is InChI=1S/C31H34FN5O3/c32-26-10-7-24(8-11-26)30(39)36-16-4-15-35(19-20-36)28-12-9-25(31(40)37-17-13-33-14-18-37)22-27(28)34-29(38)21-23-5-2-1-3-6-23/h1-3,5-12,22,33H,4,13-21H2,(H,34,38). The highest BCUT2D eigenvalue weighted by molar-refractivity contribution is 6.00. The minimum Gasteiger partial charge on any atom is -0.368 e. The smallest absolute Gasteiger partial charge is 0.254 e. The van der Waals surface area contributed by atoms with Crippen molar-refractivity contribution in [1.82, 2.24) is 15.1 Å². The Hall–Kier alpha value is -4.24. The maximum atomic E-state index is 13.3. The van der Waals surface area contributed by atoms with Gasteiger partial charge in [0.05, 0.1) is 17.8 Å². The van der Waals surface area contributed by atoms with Crippen LogP contribution in [0, 0.1) is 5.82 Å². The van der Waals surface area contributed by atoms with Crippen LogP contribution in [0.4, 0.5) is 15.8 Å². The number of amides is 3. The van der Waals surface area contributed by atoms with E-state index in [0.29, 0.717) is 56.1 Å². The first kappa shape index (κ1) is 27.3. The van der Waals surface area contributed by atoms with Gasteiger partial charge >= 0.3 is 0 Å². The summed E-state index contributed by atoms with van der Waals surface area (Å²) in [4.78, 5) is 45.1. The molecule has 0 radical (unpaired) electrons. The van der Waals surface area contributed by atoms with E-state index in [2.05, 4.69) is 15.5 Å². The highest BCUT2D eigenvalue weighted by Gasteiger charge is 2.24. The number of rotatable bonds is 6. The molecule has 3 amide bonds. The second-order valence-electron chi connectivity index (χ2n) is 10.1. The van der Waals surface area contributed by atoms with E-state index in [1.165, 1.54) is 24.3 Å². The highest BCUT2D eigenvalue weighted by atomic mass is 19.1. The number of nitrogens with one attached hydrogen (secondary N) is 2. The van der Waals surface area contributed by atoms with E-state index in [9.17, 15) is 18.8 Å². The van der Waals surface area contributed by atoms with Crippen molar-refractivity contribution in [2.45, 2.75) is 12.8 Å². The van der Waals surface area contributed by atoms with Gasteiger partial charge in [0.1, 0.15) is 5.82 Å². The number of hydrogen-bond donors (Lipinski definition) is 2. The van der Waals surface area contributed by atoms with Crippen molar-refractivity contribution in [2.75, 3.05) is 62.6 Å². The Morgan fingerprint density at radius 1 is 0.750 bits per heavy atom. The predicted molar refractivity (Wildman–Crippen MR) is 153 cm³/mol. The molecule has 3 aromatic rings. The summed E-state index contributed by atoms with van der Waals surface area (Å²) in [6, 6.07) is 20.6. The predicted octanol–water partition coefficient (Wildman–Crippen LogP) is 3.40. The van der Waals surface area contributed by atoms with Crippen LogP contribution in [0.1, 0.15) is 32.7 Å². The van der Waals surface area contributed by atoms with Crippen LogP contribution in [0.5, 0.6) is 0 Å². The monoisotopic (exact) mass is 543 g/mol. The molecule has 0 atom stereocenters. The maximum Gasteiger partial charge on any atom is 0.254 e. The summed E-state index contributed by atoms with van der Waals surface area (Å²) in [7, 11) is 0. The molecule has 0 aromatic heterocycles. The number of benzene rings is 3. The van der Waals surface area contributed by atoms with Crippen molar-refractivity contribution in [3.8, 4) is 0 Å². The average molecular weight is 544 g/mol. The van der Waals surface area contributed by atoms with Gasteiger partial charge in [-0.15, -0.1) is 0 Å². The van der Waals surface area contributed by atoms with Crippen LogP contribution in [-0.4, -0.2) is 79.9 Å². The van der Waals surface area contributed by atoms with Gasteiger partial charge in [0.25, 0.3) is 11.8 Å². The molecular weight excluding hydrogens is 509 g/mol. The normalized spacial score (nSPS) is 15.9. The summed E-state index contributed by atoms with van der Waals surface area (Å²) in [5.41, 5.74) is 3.29. The molecule has 5 rings (SSSR count). The van der Waals surface area contributed by atoms with Crippen LogP contribution in [0.15, 0.2) is 72.8 Å². The summed E-state index contributed by atoms with van der Waals surface area (Å²) in [6.45, 7) is 5.08. The summed E-state index contributed by atoms with van der Waals surface area (Å²) >= 11 is 0. The van der Waals surface area contributed by atoms with Gasteiger partial charge in [-0.3, -0.25) is 14.4 Å². The zero-order valence-corrected chi connectivity index (χ0v) is 22.4. The molecule has 2 fully saturated rings. The minimum absolute atomic E-state index is 0.0569. The summed E-state index contributed by atoms with van der Waals surface area (Å²) in [5, 5.41) is 6.32. The van der Waals surface area contributed by atoms with E-state index in [-0.39, 0.29) is 30.0 Å². The van der Waals surface area contributed by atoms with Gasteiger partial charge in [-0.2, -0.15) is 0 Å². The molecule has 3 aromatic carbocycles. The Morgan fingerprint density at radius 2 is 1.43 bits per heavy atom. The van der Waals surface area contributed by atoms with E-state index < -0.39 is 0 Å². The fourth-order valence-electron chi connectivity index (χ4n) is 5.21. The molecule has 40 heavy (non-hydrogen) atoms. The Kier molecular flexibility index (Phi) is 8.71. The van der Waals surface area contributed by atoms with Crippen molar-refractivity contribution in [3.05, 3.63) is 95.3 Å². The van der Waals surface area contributed by atoms with Crippen molar-refractivity contribution in [1.29, 1.82) is 0 Å². The van der Waals surface area contributed by atoms with Crippen molar-refractivity contribution < 1.29 is 18.8 Å². The van der Waals surface area contributed by atoms with Gasteiger partial charge in [0.2, 0.25) is 5.91 Å². The van der Waals surface area contributed by atoms with E-state index in [1.807, 2.05) is 47.4 Å². The minimum atomic E-state index is -0.376. The Morgan fingerprint density at radius 3 is 2.17 bits per heavy atom. The molecule has 0 unspecified atom stereocenters. The number of halogens is 1. The molecule has 0 spiro atoms. The van der Waals surface area contributed by atoms with Gasteiger partial charge < -0.3 is 25.3 Å². The van der Waals surface area contributed by atoms with Crippen molar-refractivity contribution in [3.63, 3.8) is 0 Å². The second-order valence-corrected chi connectivity index (χ2v) is 10.1. The van der Waals surface area contributed by atoms with E-state index >= 15 is 0 Å². The molecule has 0 saturated carbocycles. The molecule has 8 nitrogen and oxygen atoms in total. The van der Waals surface area contributed by atoms with Crippen molar-refractivity contribution in [2.24, 2.45) is 0 Å². The molecule has 208 valence electrons. The third kappa shape index (κ3) is 6.66. The van der Waals surface area contributed by atoms with E-state index in [0.717, 1.165) is 30.8 Å². The lowest BCUT2D eigenvalue weighted by Crippen LogP contribution is -2.46. The topological polar surface area (TPSA) is 85.0 Å². The van der Waals surface area contributed by atoms with Crippen LogP contribution < -0.4 is 15.5 Å². The molecule has 2 saturated heterocycles. The molecule has 2 aliphatic rings. The first-order valence-electron chi connectivity index (χ1n) is 13.8. The lowest BCUT2D eigenvalue weighted by Gasteiger charge is -2.29. The van der Waals surface area contributed by atoms with Gasteiger partial charge in [-0.25, -0.2) is 4.39 Å². The van der Waals surface area contributed by atoms with Gasteiger partial charge in [-0.1, -0.05) is 30.3 Å². The van der Waals surface area contributed by atoms with E-state index in [1.54, 1.807) is 11.0 Å². The Balaban J connectivity index is 1.35. The SMILES string of the molecule is O=C(Cc1ccccc1)Nc1cc(C(=O)N2CCNCC2)ccc1N1CCCN(C(=O)c2ccc(F)cc2)CC1. The Bertz CT molecular complexity index is 1340. The average Bonchev–Trinajstić information content (AvgIpc) is 3.24. The molecule has 0 aliphatic carbocycles. The van der Waals surface area contributed by atoms with Gasteiger partial charge in [0, 0.05) is 63.5 Å². The lowest BCUT2D eigenvalue weighted by molar-refractivity contribution is -0.115. The maximum absolute atomic E-state index is 13.3. The third-order valence-electron chi connectivity index (χ3n) is 7.34. The first-order valence-corrected chi connectivity index (χ1v) is 13.8. The fourth-order valence-corrected chi connectivity index (χ4v) is 5.21.